The lowest BCUT2D eigenvalue weighted by molar-refractivity contribution is -0.112. The summed E-state index contributed by atoms with van der Waals surface area (Å²) in [5.41, 5.74) is 4.63. The molecule has 0 radical (unpaired) electrons. The number of carbonyl (C=O) groups is 1. The van der Waals surface area contributed by atoms with Crippen LogP contribution in [0.25, 0.3) is 0 Å². The first-order valence-electron chi connectivity index (χ1n) is 10.1. The number of anilines is 1. The van der Waals surface area contributed by atoms with Gasteiger partial charge in [0.1, 0.15) is 6.29 Å². The quantitative estimate of drug-likeness (QED) is 0.523. The summed E-state index contributed by atoms with van der Waals surface area (Å²) in [6, 6.07) is 10.0. The number of aryl methyl sites for hydroxylation is 1. The lowest BCUT2D eigenvalue weighted by Crippen LogP contribution is -2.45. The molecule has 0 aliphatic carbocycles. The molecule has 29 heavy (non-hydrogen) atoms. The van der Waals surface area contributed by atoms with Gasteiger partial charge in [-0.05, 0) is 67.7 Å². The number of benzene rings is 2. The zero-order valence-corrected chi connectivity index (χ0v) is 18.8. The van der Waals surface area contributed by atoms with Gasteiger partial charge < -0.3 is 9.69 Å². The fourth-order valence-electron chi connectivity index (χ4n) is 4.37. The zero-order chi connectivity index (χ0) is 20.5. The Bertz CT molecular complexity index is 860. The fraction of sp³-hybridized carbons (Fsp3) is 0.435. The van der Waals surface area contributed by atoms with E-state index in [9.17, 15) is 4.79 Å². The van der Waals surface area contributed by atoms with Crippen LogP contribution in [-0.2, 0) is 11.3 Å². The number of piperidine rings is 1. The molecule has 2 saturated heterocycles. The highest BCUT2D eigenvalue weighted by Crippen LogP contribution is 2.41. The number of aldehydes is 1. The summed E-state index contributed by atoms with van der Waals surface area (Å²) >= 11 is 19.4. The molecular weight excluding hydrogens is 427 g/mol. The van der Waals surface area contributed by atoms with Crippen LogP contribution in [0, 0.1) is 12.8 Å². The van der Waals surface area contributed by atoms with Crippen LogP contribution in [0.4, 0.5) is 5.69 Å². The van der Waals surface area contributed by atoms with Gasteiger partial charge in [-0.15, -0.1) is 0 Å². The van der Waals surface area contributed by atoms with Crippen molar-refractivity contribution in [1.29, 1.82) is 0 Å². The van der Waals surface area contributed by atoms with E-state index in [0.717, 1.165) is 62.6 Å². The Labute approximate surface area is 187 Å². The van der Waals surface area contributed by atoms with Crippen LogP contribution in [0.2, 0.25) is 15.1 Å². The van der Waals surface area contributed by atoms with Crippen molar-refractivity contribution in [3.8, 4) is 0 Å². The summed E-state index contributed by atoms with van der Waals surface area (Å²) in [6.07, 6.45) is 2.99. The van der Waals surface area contributed by atoms with Crippen LogP contribution in [0.3, 0.4) is 0 Å². The minimum absolute atomic E-state index is 0.221. The predicted octanol–water partition coefficient (Wildman–Crippen LogP) is 5.97. The average Bonchev–Trinajstić information content (AvgIpc) is 2.66. The number of likely N-dealkylation sites (tertiary alicyclic amines) is 1. The first kappa shape index (κ1) is 21.0. The van der Waals surface area contributed by atoms with Crippen LogP contribution >= 0.6 is 34.8 Å². The van der Waals surface area contributed by atoms with E-state index < -0.39 is 0 Å². The Morgan fingerprint density at radius 3 is 2.28 bits per heavy atom. The fourth-order valence-corrected chi connectivity index (χ4v) is 5.34. The molecule has 6 heteroatoms. The second kappa shape index (κ2) is 8.85. The summed E-state index contributed by atoms with van der Waals surface area (Å²) < 4.78 is 0. The van der Waals surface area contributed by atoms with Crippen LogP contribution < -0.4 is 4.90 Å². The normalized spacial score (nSPS) is 18.7. The first-order chi connectivity index (χ1) is 14.0. The SMILES string of the molecule is Cc1cc(C2CN(c3c(Cl)cccc3Cl)C2)cc(Cl)c1CN1CCC(C=O)CC1. The van der Waals surface area contributed by atoms with Gasteiger partial charge in [-0.3, -0.25) is 4.90 Å². The molecule has 0 spiro atoms. The second-order valence-electron chi connectivity index (χ2n) is 8.22. The molecule has 0 unspecified atom stereocenters. The Hall–Kier alpha value is -1.26. The number of para-hydroxylation sites is 1. The van der Waals surface area contributed by atoms with Gasteiger partial charge >= 0.3 is 0 Å². The maximum Gasteiger partial charge on any atom is 0.123 e. The van der Waals surface area contributed by atoms with E-state index in [0.29, 0.717) is 16.0 Å². The van der Waals surface area contributed by atoms with Crippen molar-refractivity contribution in [2.24, 2.45) is 5.92 Å². The Morgan fingerprint density at radius 2 is 1.69 bits per heavy atom. The van der Waals surface area contributed by atoms with Gasteiger partial charge in [-0.2, -0.15) is 0 Å². The number of hydrogen-bond acceptors (Lipinski definition) is 3. The molecule has 2 aromatic rings. The van der Waals surface area contributed by atoms with Crippen LogP contribution in [-0.4, -0.2) is 37.4 Å². The third-order valence-electron chi connectivity index (χ3n) is 6.25. The van der Waals surface area contributed by atoms with E-state index >= 15 is 0 Å². The van der Waals surface area contributed by atoms with Crippen LogP contribution in [0.1, 0.15) is 35.4 Å². The molecule has 0 amide bonds. The number of carbonyl (C=O) groups excluding carboxylic acids is 1. The smallest absolute Gasteiger partial charge is 0.123 e. The maximum absolute atomic E-state index is 11.0. The lowest BCUT2D eigenvalue weighted by Gasteiger charge is -2.42. The number of halogens is 3. The van der Waals surface area contributed by atoms with E-state index in [1.807, 2.05) is 18.2 Å². The van der Waals surface area contributed by atoms with Crippen molar-refractivity contribution >= 4 is 46.8 Å². The van der Waals surface area contributed by atoms with Gasteiger partial charge in [0, 0.05) is 36.5 Å². The largest absolute Gasteiger partial charge is 0.368 e. The third-order valence-corrected chi connectivity index (χ3v) is 7.20. The highest BCUT2D eigenvalue weighted by molar-refractivity contribution is 6.39. The third kappa shape index (κ3) is 4.44. The molecular formula is C23H25Cl3N2O. The van der Waals surface area contributed by atoms with Gasteiger partial charge in [0.2, 0.25) is 0 Å². The maximum atomic E-state index is 11.0. The molecule has 2 heterocycles. The Balaban J connectivity index is 1.42. The van der Waals surface area contributed by atoms with Crippen molar-refractivity contribution in [3.05, 3.63) is 62.1 Å². The van der Waals surface area contributed by atoms with E-state index in [1.165, 1.54) is 16.7 Å². The van der Waals surface area contributed by atoms with Gasteiger partial charge in [-0.1, -0.05) is 46.9 Å². The van der Waals surface area contributed by atoms with Crippen molar-refractivity contribution < 1.29 is 4.79 Å². The monoisotopic (exact) mass is 450 g/mol. The minimum atomic E-state index is 0.221. The molecule has 2 aliphatic rings. The van der Waals surface area contributed by atoms with E-state index in [4.69, 9.17) is 34.8 Å². The molecule has 3 nitrogen and oxygen atoms in total. The van der Waals surface area contributed by atoms with Crippen LogP contribution in [0.15, 0.2) is 30.3 Å². The molecule has 0 atom stereocenters. The van der Waals surface area contributed by atoms with E-state index in [-0.39, 0.29) is 5.92 Å². The van der Waals surface area contributed by atoms with Crippen molar-refractivity contribution in [2.45, 2.75) is 32.2 Å². The van der Waals surface area contributed by atoms with Crippen molar-refractivity contribution in [2.75, 3.05) is 31.1 Å². The topological polar surface area (TPSA) is 23.6 Å². The van der Waals surface area contributed by atoms with Gasteiger partial charge in [0.25, 0.3) is 0 Å². The highest BCUT2D eigenvalue weighted by Gasteiger charge is 2.31. The van der Waals surface area contributed by atoms with Crippen molar-refractivity contribution in [1.82, 2.24) is 4.90 Å². The second-order valence-corrected chi connectivity index (χ2v) is 9.44. The molecule has 2 aliphatic heterocycles. The minimum Gasteiger partial charge on any atom is -0.368 e. The van der Waals surface area contributed by atoms with Gasteiger partial charge in [0.15, 0.2) is 0 Å². The standard InChI is InChI=1S/C23H25Cl3N2O/c1-15-9-17(18-11-28(12-18)23-20(24)3-2-4-21(23)25)10-22(26)19(15)13-27-7-5-16(14-29)6-8-27/h2-4,9-10,14,16,18H,5-8,11-13H2,1H3. The molecule has 2 fully saturated rings. The molecule has 0 aromatic heterocycles. The summed E-state index contributed by atoms with van der Waals surface area (Å²) in [5.74, 6) is 0.648. The van der Waals surface area contributed by atoms with E-state index in [2.05, 4.69) is 28.9 Å². The first-order valence-corrected chi connectivity index (χ1v) is 11.2. The van der Waals surface area contributed by atoms with Crippen LogP contribution in [0.5, 0.6) is 0 Å². The molecule has 2 aromatic carbocycles. The Morgan fingerprint density at radius 1 is 1.03 bits per heavy atom. The van der Waals surface area contributed by atoms with E-state index in [1.54, 1.807) is 0 Å². The number of hydrogen-bond donors (Lipinski definition) is 0. The lowest BCUT2D eigenvalue weighted by atomic mass is 9.88. The zero-order valence-electron chi connectivity index (χ0n) is 16.5. The molecule has 0 saturated carbocycles. The Kier molecular flexibility index (Phi) is 6.41. The van der Waals surface area contributed by atoms with Gasteiger partial charge in [0.05, 0.1) is 15.7 Å². The molecule has 0 bridgehead atoms. The predicted molar refractivity (Wildman–Crippen MR) is 122 cm³/mol. The molecule has 4 rings (SSSR count). The van der Waals surface area contributed by atoms with Crippen molar-refractivity contribution in [3.63, 3.8) is 0 Å². The summed E-state index contributed by atoms with van der Waals surface area (Å²) in [6.45, 7) is 6.68. The van der Waals surface area contributed by atoms with Gasteiger partial charge in [-0.25, -0.2) is 0 Å². The summed E-state index contributed by atoms with van der Waals surface area (Å²) in [4.78, 5) is 15.6. The molecule has 0 N–H and O–H groups in total. The number of rotatable bonds is 5. The molecule has 154 valence electrons. The highest BCUT2D eigenvalue weighted by atomic mass is 35.5. The summed E-state index contributed by atoms with van der Waals surface area (Å²) in [5, 5.41) is 2.23. The number of nitrogens with zero attached hydrogens (tertiary/aromatic N) is 2. The summed E-state index contributed by atoms with van der Waals surface area (Å²) in [7, 11) is 0. The average molecular weight is 452 g/mol.